The first-order valence-electron chi connectivity index (χ1n) is 13.4. The van der Waals surface area contributed by atoms with Crippen LogP contribution in [-0.4, -0.2) is 47.6 Å². The van der Waals surface area contributed by atoms with Crippen molar-refractivity contribution >= 4 is 28.7 Å². The summed E-state index contributed by atoms with van der Waals surface area (Å²) in [6.45, 7) is 0.235. The van der Waals surface area contributed by atoms with Crippen LogP contribution < -0.4 is 5.32 Å². The Labute approximate surface area is 234 Å². The number of carboxylic acids is 1. The van der Waals surface area contributed by atoms with Crippen LogP contribution in [0.15, 0.2) is 103 Å². The quantitative estimate of drug-likeness (QED) is 0.233. The van der Waals surface area contributed by atoms with Gasteiger partial charge in [0.1, 0.15) is 12.6 Å². The van der Waals surface area contributed by atoms with Crippen LogP contribution in [0.25, 0.3) is 10.8 Å². The van der Waals surface area contributed by atoms with E-state index in [-0.39, 0.29) is 19.6 Å². The van der Waals surface area contributed by atoms with Crippen molar-refractivity contribution in [2.75, 3.05) is 13.6 Å². The second kappa shape index (κ2) is 13.9. The van der Waals surface area contributed by atoms with Gasteiger partial charge in [0.05, 0.1) is 5.92 Å². The molecule has 0 aromatic heterocycles. The number of ether oxygens (including phenoxy) is 1. The summed E-state index contributed by atoms with van der Waals surface area (Å²) in [7, 11) is 1.56. The number of fused-ring (bicyclic) bond motifs is 1. The number of benzene rings is 4. The first kappa shape index (κ1) is 28.4. The molecule has 0 aliphatic rings. The molecule has 40 heavy (non-hydrogen) atoms. The van der Waals surface area contributed by atoms with Gasteiger partial charge in [-0.1, -0.05) is 103 Å². The number of urea groups is 1. The molecule has 0 fully saturated rings. The molecule has 206 valence electrons. The van der Waals surface area contributed by atoms with Crippen LogP contribution in [0.5, 0.6) is 0 Å². The summed E-state index contributed by atoms with van der Waals surface area (Å²) in [5.41, 5.74) is 2.76. The maximum absolute atomic E-state index is 13.1. The number of amides is 2. The number of carbonyl (C=O) groups is 3. The number of aliphatic carboxylic acids is 1. The first-order valence-corrected chi connectivity index (χ1v) is 13.4. The molecule has 4 aromatic rings. The molecule has 0 spiro atoms. The molecule has 0 bridgehead atoms. The number of hydrogen-bond acceptors (Lipinski definition) is 4. The smallest absolute Gasteiger partial charge is 0.326 e. The molecule has 7 nitrogen and oxygen atoms in total. The lowest BCUT2D eigenvalue weighted by Crippen LogP contribution is -2.49. The number of nitrogens with zero attached hydrogens (tertiary/aromatic N) is 1. The Morgan fingerprint density at radius 3 is 2.10 bits per heavy atom. The molecular formula is C33H34N2O5. The summed E-state index contributed by atoms with van der Waals surface area (Å²) < 4.78 is 5.60. The average molecular weight is 539 g/mol. The molecule has 0 heterocycles. The fourth-order valence-corrected chi connectivity index (χ4v) is 4.59. The molecule has 2 atom stereocenters. The zero-order valence-electron chi connectivity index (χ0n) is 22.5. The number of aryl methyl sites for hydroxylation is 1. The summed E-state index contributed by atoms with van der Waals surface area (Å²) in [6, 6.07) is 31.1. The van der Waals surface area contributed by atoms with Gasteiger partial charge in [0.15, 0.2) is 0 Å². The molecule has 4 rings (SSSR count). The molecule has 1 unspecified atom stereocenters. The van der Waals surface area contributed by atoms with Crippen molar-refractivity contribution in [2.24, 2.45) is 5.92 Å². The van der Waals surface area contributed by atoms with E-state index < -0.39 is 29.9 Å². The van der Waals surface area contributed by atoms with E-state index in [0.29, 0.717) is 12.8 Å². The van der Waals surface area contributed by atoms with Crippen molar-refractivity contribution in [1.29, 1.82) is 0 Å². The Morgan fingerprint density at radius 2 is 1.43 bits per heavy atom. The van der Waals surface area contributed by atoms with Gasteiger partial charge in [0.2, 0.25) is 0 Å². The summed E-state index contributed by atoms with van der Waals surface area (Å²) in [5, 5.41) is 14.5. The van der Waals surface area contributed by atoms with Gasteiger partial charge in [-0.25, -0.2) is 9.59 Å². The molecule has 0 aliphatic heterocycles. The summed E-state index contributed by atoms with van der Waals surface area (Å²) in [5.74, 6) is -2.10. The van der Waals surface area contributed by atoms with Gasteiger partial charge in [-0.05, 0) is 40.3 Å². The van der Waals surface area contributed by atoms with E-state index in [9.17, 15) is 19.5 Å². The topological polar surface area (TPSA) is 95.9 Å². The van der Waals surface area contributed by atoms with E-state index in [0.717, 1.165) is 27.5 Å². The number of nitrogens with one attached hydrogen (secondary N) is 1. The van der Waals surface area contributed by atoms with Gasteiger partial charge in [-0.3, -0.25) is 4.79 Å². The Balaban J connectivity index is 1.40. The zero-order valence-corrected chi connectivity index (χ0v) is 22.5. The van der Waals surface area contributed by atoms with Gasteiger partial charge in [-0.15, -0.1) is 0 Å². The first-order chi connectivity index (χ1) is 19.4. The molecule has 0 saturated carbocycles. The Bertz CT molecular complexity index is 1420. The number of hydrogen-bond donors (Lipinski definition) is 2. The molecule has 0 radical (unpaired) electrons. The van der Waals surface area contributed by atoms with Crippen LogP contribution in [0, 0.1) is 5.92 Å². The van der Waals surface area contributed by atoms with E-state index in [4.69, 9.17) is 4.74 Å². The molecule has 2 amide bonds. The molecule has 0 saturated heterocycles. The van der Waals surface area contributed by atoms with E-state index >= 15 is 0 Å². The van der Waals surface area contributed by atoms with Crippen molar-refractivity contribution in [2.45, 2.75) is 31.9 Å². The van der Waals surface area contributed by atoms with Crippen LogP contribution in [0.2, 0.25) is 0 Å². The summed E-state index contributed by atoms with van der Waals surface area (Å²) in [6.07, 6.45) is 1.26. The third kappa shape index (κ3) is 8.17. The van der Waals surface area contributed by atoms with E-state index in [1.165, 1.54) is 4.90 Å². The fourth-order valence-electron chi connectivity index (χ4n) is 4.59. The SMILES string of the molecule is CN(CC(CCc1ccccc1)C(=O)OCc1ccccc1)C(=O)N[C@@H](Cc1ccc2ccccc2c1)C(=O)O. The lowest BCUT2D eigenvalue weighted by atomic mass is 9.99. The van der Waals surface area contributed by atoms with Crippen LogP contribution in [0.3, 0.4) is 0 Å². The van der Waals surface area contributed by atoms with Gasteiger partial charge in [0.25, 0.3) is 0 Å². The van der Waals surface area contributed by atoms with Gasteiger partial charge < -0.3 is 20.1 Å². The van der Waals surface area contributed by atoms with Crippen LogP contribution in [0.4, 0.5) is 4.79 Å². The molecule has 4 aromatic carbocycles. The Kier molecular flexibility index (Phi) is 9.88. The maximum atomic E-state index is 13.1. The van der Waals surface area contributed by atoms with Crippen LogP contribution >= 0.6 is 0 Å². The fraction of sp³-hybridized carbons (Fsp3) is 0.242. The van der Waals surface area contributed by atoms with Gasteiger partial charge in [0, 0.05) is 20.0 Å². The van der Waals surface area contributed by atoms with Crippen molar-refractivity contribution < 1.29 is 24.2 Å². The normalized spacial score (nSPS) is 12.3. The third-order valence-corrected chi connectivity index (χ3v) is 6.87. The van der Waals surface area contributed by atoms with Crippen molar-refractivity contribution in [1.82, 2.24) is 10.2 Å². The highest BCUT2D eigenvalue weighted by molar-refractivity contribution is 5.85. The second-order valence-electron chi connectivity index (χ2n) is 9.92. The lowest BCUT2D eigenvalue weighted by molar-refractivity contribution is -0.150. The van der Waals surface area contributed by atoms with Gasteiger partial charge in [-0.2, -0.15) is 0 Å². The highest BCUT2D eigenvalue weighted by Gasteiger charge is 2.27. The standard InChI is InChI=1S/C33H34N2O5/c1-35(33(39)34-30(31(36)37)21-26-17-18-27-14-8-9-15-28(27)20-26)22-29(19-16-24-10-4-2-5-11-24)32(38)40-23-25-12-6-3-7-13-25/h2-15,17-18,20,29-30H,16,19,21-23H2,1H3,(H,34,39)(H,36,37)/t29?,30-/m0/s1. The maximum Gasteiger partial charge on any atom is 0.326 e. The number of carboxylic acid groups (broad SMARTS) is 1. The minimum Gasteiger partial charge on any atom is -0.480 e. The molecular weight excluding hydrogens is 504 g/mol. The lowest BCUT2D eigenvalue weighted by Gasteiger charge is -2.25. The van der Waals surface area contributed by atoms with E-state index in [1.54, 1.807) is 7.05 Å². The highest BCUT2D eigenvalue weighted by atomic mass is 16.5. The largest absolute Gasteiger partial charge is 0.480 e. The second-order valence-corrected chi connectivity index (χ2v) is 9.92. The zero-order chi connectivity index (χ0) is 28.3. The number of esters is 1. The molecule has 0 aliphatic carbocycles. The van der Waals surface area contributed by atoms with Crippen molar-refractivity contribution in [3.05, 3.63) is 120 Å². The Hall–Kier alpha value is -4.65. The molecule has 7 heteroatoms. The number of rotatable bonds is 12. The minimum absolute atomic E-state index is 0.0919. The van der Waals surface area contributed by atoms with Crippen molar-refractivity contribution in [3.8, 4) is 0 Å². The number of carbonyl (C=O) groups excluding carboxylic acids is 2. The van der Waals surface area contributed by atoms with E-state index in [2.05, 4.69) is 5.32 Å². The summed E-state index contributed by atoms with van der Waals surface area (Å²) in [4.78, 5) is 39.6. The summed E-state index contributed by atoms with van der Waals surface area (Å²) >= 11 is 0. The third-order valence-electron chi connectivity index (χ3n) is 6.87. The predicted octanol–water partition coefficient (Wildman–Crippen LogP) is 5.47. The van der Waals surface area contributed by atoms with Gasteiger partial charge >= 0.3 is 18.0 Å². The van der Waals surface area contributed by atoms with Crippen molar-refractivity contribution in [3.63, 3.8) is 0 Å². The predicted molar refractivity (Wildman–Crippen MR) is 155 cm³/mol. The van der Waals surface area contributed by atoms with E-state index in [1.807, 2.05) is 103 Å². The highest BCUT2D eigenvalue weighted by Crippen LogP contribution is 2.18. The average Bonchev–Trinajstić information content (AvgIpc) is 2.98. The minimum atomic E-state index is -1.13. The van der Waals surface area contributed by atoms with Crippen LogP contribution in [0.1, 0.15) is 23.1 Å². The monoisotopic (exact) mass is 538 g/mol. The Morgan fingerprint density at radius 1 is 0.800 bits per heavy atom. The van der Waals surface area contributed by atoms with Crippen LogP contribution in [-0.2, 0) is 33.8 Å². The molecule has 2 N–H and O–H groups in total.